The number of halogens is 1. The molecule has 1 saturated heterocycles. The van der Waals surface area contributed by atoms with E-state index in [1.165, 1.54) is 19.2 Å². The number of methoxy groups -OCH3 is 2. The third-order valence-corrected chi connectivity index (χ3v) is 5.88. The minimum absolute atomic E-state index is 0.115. The van der Waals surface area contributed by atoms with E-state index in [0.29, 0.717) is 54.6 Å². The first-order chi connectivity index (χ1) is 17.0. The third kappa shape index (κ3) is 5.71. The molecule has 0 atom stereocenters. The number of hydrogen-bond acceptors (Lipinski definition) is 5. The minimum Gasteiger partial charge on any atom is -0.493 e. The maximum Gasteiger partial charge on any atom is 0.254 e. The van der Waals surface area contributed by atoms with Gasteiger partial charge in [0.15, 0.2) is 11.5 Å². The van der Waals surface area contributed by atoms with Gasteiger partial charge in [-0.15, -0.1) is 0 Å². The predicted molar refractivity (Wildman–Crippen MR) is 129 cm³/mol. The van der Waals surface area contributed by atoms with Crippen molar-refractivity contribution in [3.8, 4) is 17.2 Å². The van der Waals surface area contributed by atoms with Gasteiger partial charge in [0.1, 0.15) is 18.2 Å². The van der Waals surface area contributed by atoms with Crippen LogP contribution in [0, 0.1) is 5.82 Å². The van der Waals surface area contributed by atoms with Crippen molar-refractivity contribution in [1.82, 2.24) is 9.80 Å². The second-order valence-corrected chi connectivity index (χ2v) is 8.10. The number of benzene rings is 3. The predicted octanol–water partition coefficient (Wildman–Crippen LogP) is 4.02. The van der Waals surface area contributed by atoms with Gasteiger partial charge in [-0.05, 0) is 54.1 Å². The average Bonchev–Trinajstić information content (AvgIpc) is 2.91. The summed E-state index contributed by atoms with van der Waals surface area (Å²) >= 11 is 0. The van der Waals surface area contributed by atoms with Crippen LogP contribution in [0.15, 0.2) is 66.7 Å². The molecule has 0 saturated carbocycles. The highest BCUT2D eigenvalue weighted by atomic mass is 19.1. The largest absolute Gasteiger partial charge is 0.493 e. The Labute approximate surface area is 203 Å². The molecule has 0 bridgehead atoms. The highest BCUT2D eigenvalue weighted by Crippen LogP contribution is 2.28. The zero-order valence-corrected chi connectivity index (χ0v) is 19.7. The Morgan fingerprint density at radius 1 is 0.771 bits per heavy atom. The van der Waals surface area contributed by atoms with Gasteiger partial charge in [-0.1, -0.05) is 18.2 Å². The second kappa shape index (κ2) is 10.9. The first kappa shape index (κ1) is 24.1. The van der Waals surface area contributed by atoms with Gasteiger partial charge in [0.2, 0.25) is 0 Å². The molecule has 2 amide bonds. The minimum atomic E-state index is -0.299. The summed E-state index contributed by atoms with van der Waals surface area (Å²) in [4.78, 5) is 29.5. The molecule has 7 nitrogen and oxygen atoms in total. The molecule has 0 radical (unpaired) electrons. The zero-order valence-electron chi connectivity index (χ0n) is 19.7. The normalized spacial score (nSPS) is 13.3. The van der Waals surface area contributed by atoms with Crippen molar-refractivity contribution >= 4 is 11.8 Å². The van der Waals surface area contributed by atoms with Crippen molar-refractivity contribution in [2.75, 3.05) is 40.4 Å². The van der Waals surface area contributed by atoms with Crippen LogP contribution < -0.4 is 14.2 Å². The van der Waals surface area contributed by atoms with Crippen molar-refractivity contribution in [2.24, 2.45) is 0 Å². The van der Waals surface area contributed by atoms with Crippen molar-refractivity contribution in [3.63, 3.8) is 0 Å². The fourth-order valence-electron chi connectivity index (χ4n) is 3.91. The van der Waals surface area contributed by atoms with E-state index < -0.39 is 0 Å². The van der Waals surface area contributed by atoms with Crippen molar-refractivity contribution in [1.29, 1.82) is 0 Å². The number of hydrogen-bond donors (Lipinski definition) is 0. The zero-order chi connectivity index (χ0) is 24.8. The molecule has 1 heterocycles. The molecule has 1 aliphatic heterocycles. The summed E-state index contributed by atoms with van der Waals surface area (Å²) in [6.45, 7) is 1.99. The molecule has 8 heteroatoms. The van der Waals surface area contributed by atoms with Gasteiger partial charge in [0, 0.05) is 37.3 Å². The van der Waals surface area contributed by atoms with E-state index in [1.807, 2.05) is 0 Å². The van der Waals surface area contributed by atoms with Gasteiger partial charge < -0.3 is 24.0 Å². The van der Waals surface area contributed by atoms with Crippen LogP contribution >= 0.6 is 0 Å². The fraction of sp³-hybridized carbons (Fsp3) is 0.259. The number of amides is 2. The SMILES string of the molecule is COc1ccc(C(=O)N2CCN(C(=O)c3cccc(OCc4ccc(F)cc4)c3)CC2)cc1OC. The van der Waals surface area contributed by atoms with Crippen LogP contribution in [0.4, 0.5) is 4.39 Å². The van der Waals surface area contributed by atoms with Gasteiger partial charge in [0.25, 0.3) is 11.8 Å². The Morgan fingerprint density at radius 2 is 1.37 bits per heavy atom. The Morgan fingerprint density at radius 3 is 1.97 bits per heavy atom. The fourth-order valence-corrected chi connectivity index (χ4v) is 3.91. The quantitative estimate of drug-likeness (QED) is 0.513. The van der Waals surface area contributed by atoms with E-state index in [4.69, 9.17) is 14.2 Å². The number of ether oxygens (including phenoxy) is 3. The lowest BCUT2D eigenvalue weighted by Gasteiger charge is -2.35. The smallest absolute Gasteiger partial charge is 0.254 e. The van der Waals surface area contributed by atoms with E-state index >= 15 is 0 Å². The highest BCUT2D eigenvalue weighted by Gasteiger charge is 2.26. The number of carbonyl (C=O) groups excluding carboxylic acids is 2. The molecule has 0 aliphatic carbocycles. The molecule has 182 valence electrons. The molecule has 0 aromatic heterocycles. The molecule has 0 spiro atoms. The topological polar surface area (TPSA) is 68.3 Å². The number of nitrogens with zero attached hydrogens (tertiary/aromatic N) is 2. The molecule has 0 unspecified atom stereocenters. The molecule has 0 N–H and O–H groups in total. The molecule has 35 heavy (non-hydrogen) atoms. The van der Waals surface area contributed by atoms with Crippen LogP contribution in [0.25, 0.3) is 0 Å². The van der Waals surface area contributed by atoms with E-state index in [0.717, 1.165) is 5.56 Å². The van der Waals surface area contributed by atoms with Crippen LogP contribution in [0.2, 0.25) is 0 Å². The summed E-state index contributed by atoms with van der Waals surface area (Å²) in [5.74, 6) is 1.08. The van der Waals surface area contributed by atoms with Gasteiger partial charge in [-0.2, -0.15) is 0 Å². The Bertz CT molecular complexity index is 1190. The van der Waals surface area contributed by atoms with Crippen molar-refractivity contribution in [2.45, 2.75) is 6.61 Å². The summed E-state index contributed by atoms with van der Waals surface area (Å²) in [5, 5.41) is 0. The van der Waals surface area contributed by atoms with Crippen LogP contribution in [0.3, 0.4) is 0 Å². The maximum atomic E-state index is 13.1. The van der Waals surface area contributed by atoms with Gasteiger partial charge in [-0.25, -0.2) is 4.39 Å². The second-order valence-electron chi connectivity index (χ2n) is 8.10. The molecule has 1 fully saturated rings. The van der Waals surface area contributed by atoms with Gasteiger partial charge >= 0.3 is 0 Å². The third-order valence-electron chi connectivity index (χ3n) is 5.88. The lowest BCUT2D eigenvalue weighted by Crippen LogP contribution is -2.50. The van der Waals surface area contributed by atoms with Crippen LogP contribution in [0.1, 0.15) is 26.3 Å². The first-order valence-electron chi connectivity index (χ1n) is 11.3. The molecular formula is C27H27FN2O5. The molecule has 1 aliphatic rings. The summed E-state index contributed by atoms with van der Waals surface area (Å²) < 4.78 is 29.4. The van der Waals surface area contributed by atoms with Gasteiger partial charge in [0.05, 0.1) is 14.2 Å². The Balaban J connectivity index is 1.34. The number of piperazine rings is 1. The van der Waals surface area contributed by atoms with E-state index in [9.17, 15) is 14.0 Å². The highest BCUT2D eigenvalue weighted by molar-refractivity contribution is 5.96. The standard InChI is InChI=1S/C27H27FN2O5/c1-33-24-11-8-21(17-25(24)34-2)27(32)30-14-12-29(13-15-30)26(31)20-4-3-5-23(16-20)35-18-19-6-9-22(28)10-7-19/h3-11,16-17H,12-15,18H2,1-2H3. The van der Waals surface area contributed by atoms with Crippen LogP contribution in [-0.2, 0) is 6.61 Å². The summed E-state index contributed by atoms with van der Waals surface area (Å²) in [6.07, 6.45) is 0. The molecular weight excluding hydrogens is 451 g/mol. The monoisotopic (exact) mass is 478 g/mol. The van der Waals surface area contributed by atoms with Gasteiger partial charge in [-0.3, -0.25) is 9.59 Å². The van der Waals surface area contributed by atoms with E-state index in [1.54, 1.807) is 71.5 Å². The van der Waals surface area contributed by atoms with E-state index in [-0.39, 0.29) is 24.2 Å². The first-order valence-corrected chi connectivity index (χ1v) is 11.3. The lowest BCUT2D eigenvalue weighted by molar-refractivity contribution is 0.0535. The maximum absolute atomic E-state index is 13.1. The molecule has 3 aromatic rings. The molecule has 4 rings (SSSR count). The number of carbonyl (C=O) groups is 2. The number of rotatable bonds is 7. The van der Waals surface area contributed by atoms with Crippen molar-refractivity contribution < 1.29 is 28.2 Å². The van der Waals surface area contributed by atoms with Crippen LogP contribution in [0.5, 0.6) is 17.2 Å². The van der Waals surface area contributed by atoms with Crippen LogP contribution in [-0.4, -0.2) is 62.0 Å². The lowest BCUT2D eigenvalue weighted by atomic mass is 10.1. The molecule has 3 aromatic carbocycles. The summed E-state index contributed by atoms with van der Waals surface area (Å²) in [5.41, 5.74) is 1.85. The Kier molecular flexibility index (Phi) is 7.50. The summed E-state index contributed by atoms with van der Waals surface area (Å²) in [6, 6.07) is 18.2. The van der Waals surface area contributed by atoms with E-state index in [2.05, 4.69) is 0 Å². The average molecular weight is 479 g/mol. The summed E-state index contributed by atoms with van der Waals surface area (Å²) in [7, 11) is 3.07. The Hall–Kier alpha value is -4.07. The van der Waals surface area contributed by atoms with Crippen molar-refractivity contribution in [3.05, 3.63) is 89.2 Å².